The van der Waals surface area contributed by atoms with E-state index in [1.54, 1.807) is 44.2 Å². The van der Waals surface area contributed by atoms with Crippen LogP contribution in [0.5, 0.6) is 5.75 Å². The molecule has 1 saturated heterocycles. The van der Waals surface area contributed by atoms with Crippen LogP contribution in [0.25, 0.3) is 0 Å². The number of urea groups is 2. The number of likely N-dealkylation sites (N-methyl/N-ethyl adjacent to an activating group) is 1. The molecule has 0 saturated carbocycles. The smallest absolute Gasteiger partial charge is 0.332 e. The molecule has 11 heteroatoms. The molecule has 1 aliphatic rings. The SMILES string of the molecule is CC(C)Oc1ccc(NC2NC(=O)N(CC(=O)N(C)C)C(=O)N2Cc2ccc(Cl)cc2)cc1F. The average Bonchev–Trinajstić information content (AvgIpc) is 2.76. The largest absolute Gasteiger partial charge is 0.488 e. The third-order valence-corrected chi connectivity index (χ3v) is 5.20. The number of amides is 5. The van der Waals surface area contributed by atoms with Crippen LogP contribution in [0, 0.1) is 5.82 Å². The zero-order valence-electron chi connectivity index (χ0n) is 19.3. The van der Waals surface area contributed by atoms with Gasteiger partial charge < -0.3 is 15.0 Å². The van der Waals surface area contributed by atoms with E-state index in [0.717, 1.165) is 10.5 Å². The van der Waals surface area contributed by atoms with Gasteiger partial charge in [0.25, 0.3) is 0 Å². The van der Waals surface area contributed by atoms with E-state index in [9.17, 15) is 18.8 Å². The summed E-state index contributed by atoms with van der Waals surface area (Å²) in [4.78, 5) is 41.6. The third kappa shape index (κ3) is 6.07. The lowest BCUT2D eigenvalue weighted by atomic mass is 10.2. The van der Waals surface area contributed by atoms with Gasteiger partial charge in [-0.15, -0.1) is 0 Å². The van der Waals surface area contributed by atoms with Gasteiger partial charge in [0.2, 0.25) is 5.91 Å². The Kier molecular flexibility index (Phi) is 7.83. The number of halogens is 2. The van der Waals surface area contributed by atoms with Crippen LogP contribution < -0.4 is 15.4 Å². The molecule has 5 amide bonds. The molecule has 1 aliphatic heterocycles. The lowest BCUT2D eigenvalue weighted by molar-refractivity contribution is -0.129. The number of carbonyl (C=O) groups excluding carboxylic acids is 3. The van der Waals surface area contributed by atoms with Gasteiger partial charge in [-0.05, 0) is 43.7 Å². The number of benzene rings is 2. The Morgan fingerprint density at radius 2 is 1.88 bits per heavy atom. The highest BCUT2D eigenvalue weighted by Crippen LogP contribution is 2.24. The van der Waals surface area contributed by atoms with Crippen molar-refractivity contribution >= 4 is 35.3 Å². The maximum Gasteiger partial charge on any atom is 0.332 e. The second kappa shape index (κ2) is 10.6. The zero-order chi connectivity index (χ0) is 25.0. The third-order valence-electron chi connectivity index (χ3n) is 4.95. The number of ether oxygens (including phenoxy) is 1. The van der Waals surface area contributed by atoms with Crippen molar-refractivity contribution in [3.8, 4) is 5.75 Å². The van der Waals surface area contributed by atoms with Gasteiger partial charge in [-0.2, -0.15) is 0 Å². The van der Waals surface area contributed by atoms with Crippen LogP contribution in [0.4, 0.5) is 19.7 Å². The summed E-state index contributed by atoms with van der Waals surface area (Å²) < 4.78 is 19.9. The number of carbonyl (C=O) groups is 3. The van der Waals surface area contributed by atoms with Gasteiger partial charge in [0.1, 0.15) is 6.54 Å². The van der Waals surface area contributed by atoms with Crippen molar-refractivity contribution in [1.29, 1.82) is 0 Å². The van der Waals surface area contributed by atoms with Gasteiger partial charge in [-0.1, -0.05) is 23.7 Å². The van der Waals surface area contributed by atoms with Gasteiger partial charge in [-0.3, -0.25) is 15.0 Å². The molecule has 34 heavy (non-hydrogen) atoms. The molecule has 1 atom stereocenters. The molecule has 1 heterocycles. The molecule has 0 spiro atoms. The Hall–Kier alpha value is -3.53. The van der Waals surface area contributed by atoms with Gasteiger partial charge in [-0.25, -0.2) is 18.9 Å². The van der Waals surface area contributed by atoms with Gasteiger partial charge in [0.05, 0.1) is 12.6 Å². The van der Waals surface area contributed by atoms with Crippen molar-refractivity contribution in [2.24, 2.45) is 0 Å². The van der Waals surface area contributed by atoms with Crippen LogP contribution in [0.3, 0.4) is 0 Å². The first-order valence-electron chi connectivity index (χ1n) is 10.6. The molecule has 9 nitrogen and oxygen atoms in total. The molecule has 2 N–H and O–H groups in total. The molecule has 0 aromatic heterocycles. The van der Waals surface area contributed by atoms with Gasteiger partial charge in [0.15, 0.2) is 17.9 Å². The van der Waals surface area contributed by atoms with Crippen LogP contribution in [-0.2, 0) is 11.3 Å². The fourth-order valence-electron chi connectivity index (χ4n) is 3.20. The Balaban J connectivity index is 1.86. The van der Waals surface area contributed by atoms with Crippen molar-refractivity contribution in [2.45, 2.75) is 32.8 Å². The fraction of sp³-hybridized carbons (Fsp3) is 0.348. The molecule has 182 valence electrons. The fourth-order valence-corrected chi connectivity index (χ4v) is 3.32. The van der Waals surface area contributed by atoms with E-state index in [2.05, 4.69) is 10.6 Å². The molecule has 1 unspecified atom stereocenters. The van der Waals surface area contributed by atoms with E-state index < -0.39 is 36.6 Å². The Morgan fingerprint density at radius 1 is 1.21 bits per heavy atom. The summed E-state index contributed by atoms with van der Waals surface area (Å²) in [5.41, 5.74) is 1.07. The number of anilines is 1. The van der Waals surface area contributed by atoms with E-state index in [-0.39, 0.29) is 18.4 Å². The molecule has 2 aromatic rings. The number of rotatable bonds is 8. The number of nitrogens with zero attached hydrogens (tertiary/aromatic N) is 3. The summed E-state index contributed by atoms with van der Waals surface area (Å²) >= 11 is 5.96. The maximum atomic E-state index is 14.5. The van der Waals surface area contributed by atoms with Crippen LogP contribution in [0.15, 0.2) is 42.5 Å². The first-order chi connectivity index (χ1) is 16.0. The minimum absolute atomic E-state index is 0.0932. The second-order valence-electron chi connectivity index (χ2n) is 8.22. The monoisotopic (exact) mass is 491 g/mol. The second-order valence-corrected chi connectivity index (χ2v) is 8.66. The van der Waals surface area contributed by atoms with Crippen LogP contribution in [-0.4, -0.2) is 65.7 Å². The highest BCUT2D eigenvalue weighted by Gasteiger charge is 2.39. The van der Waals surface area contributed by atoms with E-state index in [4.69, 9.17) is 16.3 Å². The lowest BCUT2D eigenvalue weighted by Gasteiger charge is -2.41. The Morgan fingerprint density at radius 3 is 2.47 bits per heavy atom. The van der Waals surface area contributed by atoms with Crippen LogP contribution >= 0.6 is 11.6 Å². The van der Waals surface area contributed by atoms with Crippen molar-refractivity contribution < 1.29 is 23.5 Å². The first-order valence-corrected chi connectivity index (χ1v) is 11.0. The van der Waals surface area contributed by atoms with E-state index in [1.165, 1.54) is 36.0 Å². The Bertz CT molecular complexity index is 1060. The Labute approximate surface area is 202 Å². The standard InChI is InChI=1S/C23H27ClFN5O4/c1-14(2)34-19-10-9-17(11-18(19)25)26-21-27-22(32)30(13-20(31)28(3)4)23(33)29(21)12-15-5-7-16(24)8-6-15/h5-11,14,21,26H,12-13H2,1-4H3,(H,27,32). The number of nitrogens with one attached hydrogen (secondary N) is 2. The molecule has 3 rings (SSSR count). The summed E-state index contributed by atoms with van der Waals surface area (Å²) in [6.45, 7) is 3.25. The van der Waals surface area contributed by atoms with E-state index >= 15 is 0 Å². The lowest BCUT2D eigenvalue weighted by Crippen LogP contribution is -2.67. The predicted octanol–water partition coefficient (Wildman–Crippen LogP) is 3.70. The number of hydrogen-bond donors (Lipinski definition) is 2. The van der Waals surface area contributed by atoms with E-state index in [0.29, 0.717) is 10.7 Å². The predicted molar refractivity (Wildman–Crippen MR) is 126 cm³/mol. The van der Waals surface area contributed by atoms with Crippen LogP contribution in [0.2, 0.25) is 5.02 Å². The zero-order valence-corrected chi connectivity index (χ0v) is 20.1. The highest BCUT2D eigenvalue weighted by molar-refractivity contribution is 6.30. The molecule has 0 bridgehead atoms. The summed E-state index contributed by atoms with van der Waals surface area (Å²) in [7, 11) is 3.07. The highest BCUT2D eigenvalue weighted by atomic mass is 35.5. The molecular formula is C23H27ClFN5O4. The normalized spacial score (nSPS) is 15.9. The maximum absolute atomic E-state index is 14.5. The average molecular weight is 492 g/mol. The first kappa shape index (κ1) is 25.1. The topological polar surface area (TPSA) is 94.2 Å². The molecule has 0 radical (unpaired) electrons. The van der Waals surface area contributed by atoms with Crippen molar-refractivity contribution in [3.05, 3.63) is 58.9 Å². The van der Waals surface area contributed by atoms with Gasteiger partial charge in [0, 0.05) is 30.9 Å². The molecular weight excluding hydrogens is 465 g/mol. The molecule has 2 aromatic carbocycles. The van der Waals surface area contributed by atoms with Crippen molar-refractivity contribution in [1.82, 2.24) is 20.0 Å². The molecule has 0 aliphatic carbocycles. The number of hydrogen-bond acceptors (Lipinski definition) is 5. The minimum atomic E-state index is -1.00. The molecule has 1 fully saturated rings. The number of imide groups is 1. The van der Waals surface area contributed by atoms with Gasteiger partial charge >= 0.3 is 12.1 Å². The minimum Gasteiger partial charge on any atom is -0.488 e. The van der Waals surface area contributed by atoms with Crippen molar-refractivity contribution in [3.63, 3.8) is 0 Å². The summed E-state index contributed by atoms with van der Waals surface area (Å²) in [5.74, 6) is -0.908. The summed E-state index contributed by atoms with van der Waals surface area (Å²) in [5, 5.41) is 6.18. The summed E-state index contributed by atoms with van der Waals surface area (Å²) in [6.07, 6.45) is -1.20. The quantitative estimate of drug-likeness (QED) is 0.587. The van der Waals surface area contributed by atoms with Crippen molar-refractivity contribution in [2.75, 3.05) is 26.0 Å². The van der Waals surface area contributed by atoms with Crippen LogP contribution in [0.1, 0.15) is 19.4 Å². The van der Waals surface area contributed by atoms with E-state index in [1.807, 2.05) is 0 Å². The summed E-state index contributed by atoms with van der Waals surface area (Å²) in [6, 6.07) is 9.71.